The van der Waals surface area contributed by atoms with Crippen molar-refractivity contribution in [1.82, 2.24) is 20.4 Å². The number of rotatable bonds is 3. The lowest BCUT2D eigenvalue weighted by atomic mass is 9.94. The maximum atomic E-state index is 13.3. The molecule has 4 N–H and O–H groups in total. The van der Waals surface area contributed by atoms with Gasteiger partial charge in [0.05, 0.1) is 31.8 Å². The highest BCUT2D eigenvalue weighted by Crippen LogP contribution is 2.28. The molecule has 10 heteroatoms. The summed E-state index contributed by atoms with van der Waals surface area (Å²) in [6.45, 7) is 6.48. The molecule has 6 bridgehead atoms. The van der Waals surface area contributed by atoms with Crippen LogP contribution >= 0.6 is 0 Å². The summed E-state index contributed by atoms with van der Waals surface area (Å²) < 4.78 is 11.7. The molecule has 0 radical (unpaired) electrons. The number of fused-ring (bicyclic) bond motifs is 6. The summed E-state index contributed by atoms with van der Waals surface area (Å²) in [5.41, 5.74) is 8.22. The number of amides is 3. The minimum atomic E-state index is -1.00. The van der Waals surface area contributed by atoms with Crippen LogP contribution in [0.4, 0.5) is 0 Å². The first-order valence-corrected chi connectivity index (χ1v) is 14.0. The lowest BCUT2D eigenvalue weighted by Gasteiger charge is -2.33. The summed E-state index contributed by atoms with van der Waals surface area (Å²) in [4.78, 5) is 43.5. The van der Waals surface area contributed by atoms with Gasteiger partial charge in [0.2, 0.25) is 17.7 Å². The van der Waals surface area contributed by atoms with Gasteiger partial charge < -0.3 is 30.7 Å². The molecule has 0 saturated carbocycles. The van der Waals surface area contributed by atoms with E-state index in [0.29, 0.717) is 51.2 Å². The molecule has 5 atom stereocenters. The van der Waals surface area contributed by atoms with Gasteiger partial charge in [0.15, 0.2) is 0 Å². The predicted molar refractivity (Wildman–Crippen MR) is 141 cm³/mol. The Labute approximate surface area is 224 Å². The Hall–Kier alpha value is -2.69. The SMILES string of the molecule is Cc1ccc2cc1CNC(=O)[C@H](CCN1C[C@@H]3C[C@H]1CO3)NC(=O)[C@@H](N)CC(=O)N1CCCC(CCO2)C1. The minimum Gasteiger partial charge on any atom is -0.494 e. The van der Waals surface area contributed by atoms with Crippen LogP contribution in [0.2, 0.25) is 0 Å². The zero-order valence-electron chi connectivity index (χ0n) is 22.3. The molecule has 4 aliphatic heterocycles. The smallest absolute Gasteiger partial charge is 0.242 e. The Bertz CT molecular complexity index is 1030. The van der Waals surface area contributed by atoms with Crippen LogP contribution in [0, 0.1) is 12.8 Å². The van der Waals surface area contributed by atoms with Crippen LogP contribution in [0.1, 0.15) is 49.7 Å². The van der Waals surface area contributed by atoms with Gasteiger partial charge in [0, 0.05) is 38.8 Å². The van der Waals surface area contributed by atoms with Crippen molar-refractivity contribution in [1.29, 1.82) is 0 Å². The van der Waals surface area contributed by atoms with Crippen LogP contribution in [0.25, 0.3) is 0 Å². The van der Waals surface area contributed by atoms with E-state index in [2.05, 4.69) is 15.5 Å². The van der Waals surface area contributed by atoms with Gasteiger partial charge >= 0.3 is 0 Å². The molecule has 3 saturated heterocycles. The predicted octanol–water partition coefficient (Wildman–Crippen LogP) is 0.698. The number of likely N-dealkylation sites (tertiary alicyclic amines) is 1. The topological polar surface area (TPSA) is 126 Å². The van der Waals surface area contributed by atoms with Crippen molar-refractivity contribution < 1.29 is 23.9 Å². The van der Waals surface area contributed by atoms with Crippen molar-refractivity contribution in [2.75, 3.05) is 39.4 Å². The Morgan fingerprint density at radius 3 is 2.79 bits per heavy atom. The fraction of sp³-hybridized carbons (Fsp3) is 0.679. The van der Waals surface area contributed by atoms with E-state index in [0.717, 1.165) is 55.7 Å². The fourth-order valence-corrected chi connectivity index (χ4v) is 6.11. The Balaban J connectivity index is 1.31. The molecule has 38 heavy (non-hydrogen) atoms. The summed E-state index contributed by atoms with van der Waals surface area (Å²) in [5.74, 6) is 0.286. The highest BCUT2D eigenvalue weighted by atomic mass is 16.5. The van der Waals surface area contributed by atoms with Crippen molar-refractivity contribution in [3.05, 3.63) is 29.3 Å². The van der Waals surface area contributed by atoms with Gasteiger partial charge in [-0.2, -0.15) is 0 Å². The third-order valence-corrected chi connectivity index (χ3v) is 8.52. The summed E-state index contributed by atoms with van der Waals surface area (Å²) >= 11 is 0. The molecule has 3 amide bonds. The number of aryl methyl sites for hydroxylation is 1. The number of piperidine rings is 1. The number of ether oxygens (including phenoxy) is 2. The van der Waals surface area contributed by atoms with Crippen LogP contribution < -0.4 is 21.1 Å². The molecule has 3 fully saturated rings. The first-order chi connectivity index (χ1) is 18.4. The fourth-order valence-electron chi connectivity index (χ4n) is 6.11. The molecular weight excluding hydrogens is 486 g/mol. The number of hydrogen-bond donors (Lipinski definition) is 3. The van der Waals surface area contributed by atoms with Crippen molar-refractivity contribution in [2.24, 2.45) is 11.7 Å². The Kier molecular flexibility index (Phi) is 8.50. The van der Waals surface area contributed by atoms with E-state index in [1.54, 1.807) is 0 Å². The zero-order valence-corrected chi connectivity index (χ0v) is 22.3. The van der Waals surface area contributed by atoms with Gasteiger partial charge in [-0.1, -0.05) is 6.07 Å². The number of nitrogens with two attached hydrogens (primary N) is 1. The molecule has 10 nitrogen and oxygen atoms in total. The molecule has 1 aromatic carbocycles. The average Bonchev–Trinajstić information content (AvgIpc) is 3.54. The second-order valence-electron chi connectivity index (χ2n) is 11.3. The third kappa shape index (κ3) is 6.47. The second-order valence-corrected chi connectivity index (χ2v) is 11.3. The summed E-state index contributed by atoms with van der Waals surface area (Å²) in [5, 5.41) is 5.86. The Morgan fingerprint density at radius 2 is 2.00 bits per heavy atom. The minimum absolute atomic E-state index is 0.0691. The van der Waals surface area contributed by atoms with E-state index < -0.39 is 18.0 Å². The van der Waals surface area contributed by atoms with Crippen LogP contribution in [0.5, 0.6) is 5.75 Å². The van der Waals surface area contributed by atoms with E-state index in [1.807, 2.05) is 30.0 Å². The van der Waals surface area contributed by atoms with E-state index in [4.69, 9.17) is 15.2 Å². The maximum Gasteiger partial charge on any atom is 0.242 e. The number of carbonyl (C=O) groups is 3. The maximum absolute atomic E-state index is 13.3. The first-order valence-electron chi connectivity index (χ1n) is 14.0. The number of hydrogen-bond acceptors (Lipinski definition) is 7. The number of morpholine rings is 1. The summed E-state index contributed by atoms with van der Waals surface area (Å²) in [6, 6.07) is 4.54. The van der Waals surface area contributed by atoms with Crippen molar-refractivity contribution in [3.63, 3.8) is 0 Å². The van der Waals surface area contributed by atoms with Crippen molar-refractivity contribution in [3.8, 4) is 5.75 Å². The number of nitrogens with zero attached hydrogens (tertiary/aromatic N) is 2. The van der Waals surface area contributed by atoms with E-state index >= 15 is 0 Å². The molecule has 208 valence electrons. The molecule has 0 spiro atoms. The third-order valence-electron chi connectivity index (χ3n) is 8.52. The first kappa shape index (κ1) is 26.9. The molecule has 1 aromatic rings. The van der Waals surface area contributed by atoms with Gasteiger partial charge in [0.1, 0.15) is 11.8 Å². The van der Waals surface area contributed by atoms with E-state index in [1.165, 1.54) is 0 Å². The lowest BCUT2D eigenvalue weighted by molar-refractivity contribution is -0.136. The summed E-state index contributed by atoms with van der Waals surface area (Å²) in [7, 11) is 0. The molecular formula is C28H41N5O5. The van der Waals surface area contributed by atoms with Gasteiger partial charge in [-0.3, -0.25) is 19.3 Å². The van der Waals surface area contributed by atoms with Crippen LogP contribution in [0.15, 0.2) is 18.2 Å². The quantitative estimate of drug-likeness (QED) is 0.528. The van der Waals surface area contributed by atoms with E-state index in [-0.39, 0.29) is 24.3 Å². The average molecular weight is 528 g/mol. The summed E-state index contributed by atoms with van der Waals surface area (Å²) in [6.07, 6.45) is 4.50. The van der Waals surface area contributed by atoms with Crippen molar-refractivity contribution in [2.45, 2.75) is 76.2 Å². The molecule has 1 unspecified atom stereocenters. The lowest BCUT2D eigenvalue weighted by Crippen LogP contribution is -2.54. The largest absolute Gasteiger partial charge is 0.494 e. The Morgan fingerprint density at radius 1 is 1.13 bits per heavy atom. The number of carbonyl (C=O) groups excluding carboxylic acids is 3. The van der Waals surface area contributed by atoms with Gasteiger partial charge in [-0.05, 0) is 68.2 Å². The highest BCUT2D eigenvalue weighted by molar-refractivity contribution is 5.92. The molecule has 4 aliphatic rings. The van der Waals surface area contributed by atoms with Gasteiger partial charge in [-0.25, -0.2) is 0 Å². The highest BCUT2D eigenvalue weighted by Gasteiger charge is 2.39. The van der Waals surface area contributed by atoms with Gasteiger partial charge in [-0.15, -0.1) is 0 Å². The van der Waals surface area contributed by atoms with Crippen molar-refractivity contribution >= 4 is 17.7 Å². The van der Waals surface area contributed by atoms with Crippen LogP contribution in [-0.2, 0) is 25.7 Å². The van der Waals surface area contributed by atoms with Crippen LogP contribution in [-0.4, -0.2) is 91.1 Å². The van der Waals surface area contributed by atoms with Gasteiger partial charge in [0.25, 0.3) is 0 Å². The molecule has 4 heterocycles. The molecule has 0 aromatic heterocycles. The standard InChI is InChI=1S/C28H41N5O5/c1-18-4-5-22-11-20(18)14-30-28(36)25(6-9-32-16-23-12-21(32)17-38-23)31-27(35)24(29)13-26(34)33-8-2-3-19(15-33)7-10-37-22/h4-5,11,19,21,23-25H,2-3,6-10,12-17,29H2,1H3,(H,30,36)(H,31,35)/t19?,21-,23-,24-,25-/m0/s1. The molecule has 0 aliphatic carbocycles. The normalized spacial score (nSPS) is 31.3. The number of benzene rings is 1. The molecule has 5 rings (SSSR count). The monoisotopic (exact) mass is 527 g/mol. The second kappa shape index (κ2) is 12.0. The zero-order chi connectivity index (χ0) is 26.6. The van der Waals surface area contributed by atoms with Crippen LogP contribution in [0.3, 0.4) is 0 Å². The number of nitrogens with one attached hydrogen (secondary N) is 2. The van der Waals surface area contributed by atoms with E-state index in [9.17, 15) is 14.4 Å².